The van der Waals surface area contributed by atoms with Crippen LogP contribution in [0.5, 0.6) is 0 Å². The Hall–Kier alpha value is -3.06. The summed E-state index contributed by atoms with van der Waals surface area (Å²) in [6.45, 7) is 0.633. The van der Waals surface area contributed by atoms with Crippen molar-refractivity contribution in [2.75, 3.05) is 24.3 Å². The first-order chi connectivity index (χ1) is 11.2. The van der Waals surface area contributed by atoms with Crippen LogP contribution in [-0.4, -0.2) is 19.1 Å². The van der Waals surface area contributed by atoms with Crippen LogP contribution in [0.4, 0.5) is 11.5 Å². The highest BCUT2D eigenvalue weighted by atomic mass is 15.1. The van der Waals surface area contributed by atoms with E-state index in [0.717, 1.165) is 22.2 Å². The van der Waals surface area contributed by atoms with Gasteiger partial charge in [-0.25, -0.2) is 4.98 Å². The Balaban J connectivity index is 1.82. The summed E-state index contributed by atoms with van der Waals surface area (Å²) in [5.41, 5.74) is 3.76. The van der Waals surface area contributed by atoms with Crippen LogP contribution in [-0.2, 0) is 6.54 Å². The van der Waals surface area contributed by atoms with Gasteiger partial charge >= 0.3 is 0 Å². The van der Waals surface area contributed by atoms with Crippen molar-refractivity contribution in [3.63, 3.8) is 0 Å². The number of nitriles is 1. The van der Waals surface area contributed by atoms with Gasteiger partial charge in [0.1, 0.15) is 11.9 Å². The molecule has 114 valence electrons. The molecule has 0 atom stereocenters. The average Bonchev–Trinajstić information content (AvgIpc) is 2.59. The fourth-order valence-electron chi connectivity index (χ4n) is 2.43. The summed E-state index contributed by atoms with van der Waals surface area (Å²) in [5.74, 6) is 0.628. The van der Waals surface area contributed by atoms with Crippen LogP contribution in [0, 0.1) is 11.3 Å². The lowest BCUT2D eigenvalue weighted by Gasteiger charge is -2.13. The predicted octanol–water partition coefficient (Wildman–Crippen LogP) is 3.78. The maximum atomic E-state index is 9.34. The van der Waals surface area contributed by atoms with Crippen molar-refractivity contribution < 1.29 is 0 Å². The highest BCUT2D eigenvalue weighted by Gasteiger charge is 2.06. The second kappa shape index (κ2) is 6.37. The van der Waals surface area contributed by atoms with E-state index in [0.29, 0.717) is 17.9 Å². The Labute approximate surface area is 136 Å². The molecule has 3 rings (SSSR count). The van der Waals surface area contributed by atoms with Gasteiger partial charge in [0.05, 0.1) is 11.1 Å². The molecule has 4 nitrogen and oxygen atoms in total. The number of rotatable bonds is 4. The summed E-state index contributed by atoms with van der Waals surface area (Å²) in [7, 11) is 4.04. The van der Waals surface area contributed by atoms with Gasteiger partial charge in [0.2, 0.25) is 0 Å². The fraction of sp³-hybridized carbons (Fsp3) is 0.158. The molecule has 0 aliphatic heterocycles. The van der Waals surface area contributed by atoms with Crippen molar-refractivity contribution in [3.05, 3.63) is 65.7 Å². The highest BCUT2D eigenvalue weighted by molar-refractivity contribution is 5.82. The minimum atomic E-state index is 0.564. The van der Waals surface area contributed by atoms with Crippen molar-refractivity contribution in [3.8, 4) is 6.07 Å². The Morgan fingerprint density at radius 3 is 2.52 bits per heavy atom. The first-order valence-corrected chi connectivity index (χ1v) is 7.47. The van der Waals surface area contributed by atoms with Gasteiger partial charge < -0.3 is 10.2 Å². The molecule has 0 bridgehead atoms. The van der Waals surface area contributed by atoms with E-state index < -0.39 is 0 Å². The molecule has 0 spiro atoms. The number of para-hydroxylation sites is 1. The molecule has 0 amide bonds. The summed E-state index contributed by atoms with van der Waals surface area (Å²) < 4.78 is 0. The zero-order valence-corrected chi connectivity index (χ0v) is 13.2. The summed E-state index contributed by atoms with van der Waals surface area (Å²) in [4.78, 5) is 6.63. The zero-order chi connectivity index (χ0) is 16.2. The lowest BCUT2D eigenvalue weighted by molar-refractivity contribution is 1.10. The second-order valence-electron chi connectivity index (χ2n) is 5.60. The molecule has 3 aromatic rings. The van der Waals surface area contributed by atoms with Crippen molar-refractivity contribution >= 4 is 22.4 Å². The maximum absolute atomic E-state index is 9.34. The molecular formula is C19H18N4. The maximum Gasteiger partial charge on any atom is 0.144 e. The molecule has 0 unspecified atom stereocenters. The molecular weight excluding hydrogens is 284 g/mol. The number of hydrogen-bond donors (Lipinski definition) is 1. The Bertz CT molecular complexity index is 861. The number of nitrogens with zero attached hydrogens (tertiary/aromatic N) is 3. The number of pyridine rings is 1. The largest absolute Gasteiger partial charge is 0.378 e. The molecule has 0 radical (unpaired) electrons. The van der Waals surface area contributed by atoms with Crippen molar-refractivity contribution in [1.29, 1.82) is 5.26 Å². The van der Waals surface area contributed by atoms with Gasteiger partial charge in [0.15, 0.2) is 0 Å². The van der Waals surface area contributed by atoms with E-state index in [1.165, 1.54) is 0 Å². The molecule has 0 fully saturated rings. The number of hydrogen-bond acceptors (Lipinski definition) is 4. The topological polar surface area (TPSA) is 52.0 Å². The van der Waals surface area contributed by atoms with Crippen LogP contribution in [0.15, 0.2) is 54.6 Å². The van der Waals surface area contributed by atoms with E-state index >= 15 is 0 Å². The third-order valence-corrected chi connectivity index (χ3v) is 3.76. The number of fused-ring (bicyclic) bond motifs is 1. The minimum Gasteiger partial charge on any atom is -0.378 e. The molecule has 1 aromatic heterocycles. The molecule has 0 saturated heterocycles. The lowest BCUT2D eigenvalue weighted by Crippen LogP contribution is -2.09. The molecule has 0 saturated carbocycles. The van der Waals surface area contributed by atoms with Crippen LogP contribution in [0.1, 0.15) is 11.1 Å². The summed E-state index contributed by atoms with van der Waals surface area (Å²) in [5, 5.41) is 13.6. The van der Waals surface area contributed by atoms with Crippen LogP contribution < -0.4 is 10.2 Å². The fourth-order valence-corrected chi connectivity index (χ4v) is 2.43. The van der Waals surface area contributed by atoms with Gasteiger partial charge in [-0.05, 0) is 29.8 Å². The van der Waals surface area contributed by atoms with Crippen LogP contribution >= 0.6 is 0 Å². The van der Waals surface area contributed by atoms with Crippen molar-refractivity contribution in [2.45, 2.75) is 6.54 Å². The number of benzene rings is 2. The monoisotopic (exact) mass is 302 g/mol. The third-order valence-electron chi connectivity index (χ3n) is 3.76. The Morgan fingerprint density at radius 1 is 1.09 bits per heavy atom. The number of aromatic nitrogens is 1. The summed E-state index contributed by atoms with van der Waals surface area (Å²) >= 11 is 0. The molecule has 1 N–H and O–H groups in total. The van der Waals surface area contributed by atoms with E-state index in [-0.39, 0.29) is 0 Å². The first-order valence-electron chi connectivity index (χ1n) is 7.47. The predicted molar refractivity (Wildman–Crippen MR) is 94.6 cm³/mol. The Kier molecular flexibility index (Phi) is 4.11. The quantitative estimate of drug-likeness (QED) is 0.796. The van der Waals surface area contributed by atoms with Gasteiger partial charge in [0, 0.05) is 31.7 Å². The van der Waals surface area contributed by atoms with E-state index in [2.05, 4.69) is 45.5 Å². The molecule has 23 heavy (non-hydrogen) atoms. The van der Waals surface area contributed by atoms with Gasteiger partial charge in [-0.1, -0.05) is 30.3 Å². The van der Waals surface area contributed by atoms with Gasteiger partial charge in [0.25, 0.3) is 0 Å². The number of nitrogens with one attached hydrogen (secondary N) is 1. The van der Waals surface area contributed by atoms with Gasteiger partial charge in [-0.3, -0.25) is 0 Å². The van der Waals surface area contributed by atoms with Gasteiger partial charge in [-0.15, -0.1) is 0 Å². The molecule has 2 aromatic carbocycles. The Morgan fingerprint density at radius 2 is 1.83 bits per heavy atom. The smallest absolute Gasteiger partial charge is 0.144 e. The lowest BCUT2D eigenvalue weighted by atomic mass is 10.1. The SMILES string of the molecule is CN(C)c1ccc(CNc2nc3ccccc3cc2C#N)cc1. The van der Waals surface area contributed by atoms with Gasteiger partial charge in [-0.2, -0.15) is 5.26 Å². The van der Waals surface area contributed by atoms with Crippen molar-refractivity contribution in [2.24, 2.45) is 0 Å². The van der Waals surface area contributed by atoms with E-state index in [1.54, 1.807) is 0 Å². The molecule has 0 aliphatic rings. The molecule has 4 heteroatoms. The normalized spacial score (nSPS) is 10.3. The molecule has 0 aliphatic carbocycles. The summed E-state index contributed by atoms with van der Waals surface area (Å²) in [6, 6.07) is 20.2. The molecule has 1 heterocycles. The van der Waals surface area contributed by atoms with Crippen LogP contribution in [0.2, 0.25) is 0 Å². The first kappa shape index (κ1) is 14.9. The number of anilines is 2. The van der Waals surface area contributed by atoms with Crippen molar-refractivity contribution in [1.82, 2.24) is 4.98 Å². The van der Waals surface area contributed by atoms with E-state index in [9.17, 15) is 5.26 Å². The standard InChI is InChI=1S/C19H18N4/c1-23(2)17-9-7-14(8-10-17)13-21-19-16(12-20)11-15-5-3-4-6-18(15)22-19/h3-11H,13H2,1-2H3,(H,21,22). The van der Waals surface area contributed by atoms with Crippen LogP contribution in [0.25, 0.3) is 10.9 Å². The van der Waals surface area contributed by atoms with E-state index in [1.807, 2.05) is 44.4 Å². The highest BCUT2D eigenvalue weighted by Crippen LogP contribution is 2.20. The second-order valence-corrected chi connectivity index (χ2v) is 5.60. The average molecular weight is 302 g/mol. The van der Waals surface area contributed by atoms with Crippen LogP contribution in [0.3, 0.4) is 0 Å². The zero-order valence-electron chi connectivity index (χ0n) is 13.2. The minimum absolute atomic E-state index is 0.564. The third kappa shape index (κ3) is 3.24. The van der Waals surface area contributed by atoms with E-state index in [4.69, 9.17) is 0 Å². The summed E-state index contributed by atoms with van der Waals surface area (Å²) in [6.07, 6.45) is 0.